The first-order chi connectivity index (χ1) is 16.8. The van der Waals surface area contributed by atoms with Gasteiger partial charge in [-0.25, -0.2) is 0 Å². The molecule has 4 heteroatoms. The van der Waals surface area contributed by atoms with Gasteiger partial charge in [-0.1, -0.05) is 91.0 Å². The number of hydrogen-bond acceptors (Lipinski definition) is 4. The highest BCUT2D eigenvalue weighted by molar-refractivity contribution is 5.16. The van der Waals surface area contributed by atoms with E-state index in [1.54, 1.807) is 0 Å². The summed E-state index contributed by atoms with van der Waals surface area (Å²) in [6, 6.07) is 32.3. The number of ether oxygens (including phenoxy) is 3. The minimum absolute atomic E-state index is 0.0270. The summed E-state index contributed by atoms with van der Waals surface area (Å²) in [5.74, 6) is 0. The van der Waals surface area contributed by atoms with Crippen LogP contribution in [-0.4, -0.2) is 41.8 Å². The summed E-state index contributed by atoms with van der Waals surface area (Å²) in [6.45, 7) is 4.78. The normalized spacial score (nSPS) is 26.6. The highest BCUT2D eigenvalue weighted by atomic mass is 16.5. The molecule has 0 unspecified atom stereocenters. The monoisotopic (exact) mass is 457 g/mol. The maximum atomic E-state index is 6.64. The highest BCUT2D eigenvalue weighted by Gasteiger charge is 2.54. The summed E-state index contributed by atoms with van der Waals surface area (Å²) in [4.78, 5) is 2.62. The van der Waals surface area contributed by atoms with Gasteiger partial charge in [0.15, 0.2) is 0 Å². The summed E-state index contributed by atoms with van der Waals surface area (Å²) in [6.07, 6.45) is 2.32. The van der Waals surface area contributed by atoms with Crippen LogP contribution in [0.5, 0.6) is 0 Å². The quantitative estimate of drug-likeness (QED) is 0.396. The first-order valence-electron chi connectivity index (χ1n) is 12.5. The van der Waals surface area contributed by atoms with Gasteiger partial charge in [-0.05, 0) is 36.5 Å². The third-order valence-corrected chi connectivity index (χ3v) is 7.21. The molecule has 34 heavy (non-hydrogen) atoms. The molecule has 2 saturated heterocycles. The van der Waals surface area contributed by atoms with Gasteiger partial charge >= 0.3 is 0 Å². The lowest BCUT2D eigenvalue weighted by molar-refractivity contribution is -0.0884. The summed E-state index contributed by atoms with van der Waals surface area (Å²) >= 11 is 0. The maximum absolute atomic E-state index is 6.64. The van der Waals surface area contributed by atoms with E-state index < -0.39 is 0 Å². The van der Waals surface area contributed by atoms with E-state index in [0.29, 0.717) is 38.5 Å². The van der Waals surface area contributed by atoms with Gasteiger partial charge in [0.05, 0.1) is 32.5 Å². The molecule has 3 aromatic carbocycles. The Kier molecular flexibility index (Phi) is 7.72. The molecule has 0 spiro atoms. The summed E-state index contributed by atoms with van der Waals surface area (Å²) < 4.78 is 19.5. The van der Waals surface area contributed by atoms with Crippen molar-refractivity contribution in [1.82, 2.24) is 4.90 Å². The van der Waals surface area contributed by atoms with E-state index in [1.807, 2.05) is 18.2 Å². The van der Waals surface area contributed by atoms with Crippen LogP contribution in [-0.2, 0) is 34.0 Å². The molecule has 0 amide bonds. The van der Waals surface area contributed by atoms with E-state index in [2.05, 4.69) is 84.6 Å². The van der Waals surface area contributed by atoms with Gasteiger partial charge in [-0.15, -0.1) is 0 Å². The Morgan fingerprint density at radius 3 is 1.71 bits per heavy atom. The molecular formula is C30H35NO3. The average Bonchev–Trinajstić information content (AvgIpc) is 3.40. The fraction of sp³-hybridized carbons (Fsp3) is 0.400. The molecule has 2 aliphatic heterocycles. The van der Waals surface area contributed by atoms with Gasteiger partial charge in [-0.2, -0.15) is 0 Å². The van der Waals surface area contributed by atoms with Gasteiger partial charge in [0.25, 0.3) is 0 Å². The van der Waals surface area contributed by atoms with E-state index in [-0.39, 0.29) is 18.2 Å². The molecule has 0 N–H and O–H groups in total. The molecule has 0 aliphatic carbocycles. The number of fused-ring (bicyclic) bond motifs is 1. The second-order valence-corrected chi connectivity index (χ2v) is 9.53. The topological polar surface area (TPSA) is 30.9 Å². The van der Waals surface area contributed by atoms with Crippen LogP contribution in [0.2, 0.25) is 0 Å². The average molecular weight is 458 g/mol. The standard InChI is InChI=1S/C30H35NO3/c1-23-17-18-27-29(33-20-25-13-7-3-8-14-25)30(34-21-26-15-9-4-10-16-26)28(31(23)27)22-32-19-24-11-5-2-6-12-24/h2-16,23,27-30H,17-22H2,1H3/t23-,27-,28-,29-,30-/m0/s1. The smallest absolute Gasteiger partial charge is 0.103 e. The molecular weight excluding hydrogens is 422 g/mol. The van der Waals surface area contributed by atoms with Crippen LogP contribution >= 0.6 is 0 Å². The van der Waals surface area contributed by atoms with Crippen LogP contribution in [0.3, 0.4) is 0 Å². The SMILES string of the molecule is C[C@H]1CC[C@H]2[C@H](OCc3ccccc3)[C@@H](OCc3ccccc3)[C@H](COCc3ccccc3)N12. The van der Waals surface area contributed by atoms with E-state index in [0.717, 1.165) is 6.42 Å². The van der Waals surface area contributed by atoms with Crippen molar-refractivity contribution in [2.45, 2.75) is 69.9 Å². The molecule has 178 valence electrons. The fourth-order valence-corrected chi connectivity index (χ4v) is 5.55. The van der Waals surface area contributed by atoms with Crippen molar-refractivity contribution < 1.29 is 14.2 Å². The number of benzene rings is 3. The zero-order valence-corrected chi connectivity index (χ0v) is 20.0. The Balaban J connectivity index is 1.33. The van der Waals surface area contributed by atoms with Crippen LogP contribution in [0.15, 0.2) is 91.0 Å². The Morgan fingerprint density at radius 1 is 0.647 bits per heavy atom. The number of nitrogens with zero attached hydrogens (tertiary/aromatic N) is 1. The van der Waals surface area contributed by atoms with Crippen LogP contribution in [0.1, 0.15) is 36.5 Å². The lowest BCUT2D eigenvalue weighted by atomic mass is 10.0. The van der Waals surface area contributed by atoms with Crippen molar-refractivity contribution in [2.75, 3.05) is 6.61 Å². The molecule has 4 nitrogen and oxygen atoms in total. The summed E-state index contributed by atoms with van der Waals surface area (Å²) in [5, 5.41) is 0. The zero-order chi connectivity index (χ0) is 23.2. The van der Waals surface area contributed by atoms with Crippen LogP contribution in [0.25, 0.3) is 0 Å². The minimum atomic E-state index is -0.0348. The molecule has 0 bridgehead atoms. The van der Waals surface area contributed by atoms with E-state index >= 15 is 0 Å². The van der Waals surface area contributed by atoms with Gasteiger partial charge in [0.1, 0.15) is 12.2 Å². The van der Waals surface area contributed by atoms with Gasteiger partial charge < -0.3 is 14.2 Å². The van der Waals surface area contributed by atoms with Gasteiger partial charge in [0.2, 0.25) is 0 Å². The van der Waals surface area contributed by atoms with E-state index in [1.165, 1.54) is 23.1 Å². The number of hydrogen-bond donors (Lipinski definition) is 0. The first kappa shape index (κ1) is 23.3. The second-order valence-electron chi connectivity index (χ2n) is 9.53. The zero-order valence-electron chi connectivity index (χ0n) is 20.0. The van der Waals surface area contributed by atoms with Crippen LogP contribution in [0.4, 0.5) is 0 Å². The van der Waals surface area contributed by atoms with Gasteiger partial charge in [-0.3, -0.25) is 4.90 Å². The Bertz CT molecular complexity index is 997. The molecule has 5 atom stereocenters. The first-order valence-corrected chi connectivity index (χ1v) is 12.5. The van der Waals surface area contributed by atoms with Crippen molar-refractivity contribution in [1.29, 1.82) is 0 Å². The van der Waals surface area contributed by atoms with Crippen LogP contribution in [0, 0.1) is 0 Å². The van der Waals surface area contributed by atoms with Crippen LogP contribution < -0.4 is 0 Å². The fourth-order valence-electron chi connectivity index (χ4n) is 5.55. The molecule has 0 aromatic heterocycles. The molecule has 0 radical (unpaired) electrons. The van der Waals surface area contributed by atoms with E-state index in [4.69, 9.17) is 14.2 Å². The predicted octanol–water partition coefficient (Wildman–Crippen LogP) is 5.61. The Hall–Kier alpha value is -2.50. The van der Waals surface area contributed by atoms with E-state index in [9.17, 15) is 0 Å². The van der Waals surface area contributed by atoms with Crippen molar-refractivity contribution in [3.8, 4) is 0 Å². The Morgan fingerprint density at radius 2 is 1.15 bits per heavy atom. The van der Waals surface area contributed by atoms with Crippen molar-refractivity contribution in [3.63, 3.8) is 0 Å². The predicted molar refractivity (Wildman–Crippen MR) is 134 cm³/mol. The third-order valence-electron chi connectivity index (χ3n) is 7.21. The molecule has 3 aromatic rings. The molecule has 2 fully saturated rings. The van der Waals surface area contributed by atoms with Crippen molar-refractivity contribution in [2.24, 2.45) is 0 Å². The minimum Gasteiger partial charge on any atom is -0.375 e. The van der Waals surface area contributed by atoms with Crippen molar-refractivity contribution >= 4 is 0 Å². The molecule has 2 heterocycles. The van der Waals surface area contributed by atoms with Crippen molar-refractivity contribution in [3.05, 3.63) is 108 Å². The molecule has 2 aliphatic rings. The number of rotatable bonds is 10. The lowest BCUT2D eigenvalue weighted by Crippen LogP contribution is -2.44. The highest BCUT2D eigenvalue weighted by Crippen LogP contribution is 2.40. The maximum Gasteiger partial charge on any atom is 0.103 e. The summed E-state index contributed by atoms with van der Waals surface area (Å²) in [5.41, 5.74) is 3.59. The van der Waals surface area contributed by atoms with Gasteiger partial charge in [0, 0.05) is 12.1 Å². The third kappa shape index (κ3) is 5.42. The Labute approximate surface area is 203 Å². The summed E-state index contributed by atoms with van der Waals surface area (Å²) in [7, 11) is 0. The molecule has 0 saturated carbocycles. The second kappa shape index (κ2) is 11.3. The molecule has 5 rings (SSSR count). The largest absolute Gasteiger partial charge is 0.375 e. The lowest BCUT2D eigenvalue weighted by Gasteiger charge is -2.30.